The molecule has 4 heteroatoms. The third kappa shape index (κ3) is 2.38. The van der Waals surface area contributed by atoms with Crippen molar-refractivity contribution in [2.75, 3.05) is 6.54 Å². The first kappa shape index (κ1) is 10.6. The van der Waals surface area contributed by atoms with E-state index < -0.39 is 0 Å². The monoisotopic (exact) mass is 209 g/mol. The number of aliphatic hydroxyl groups is 1. The fraction of sp³-hybridized carbons (Fsp3) is 0.727. The third-order valence-electron chi connectivity index (χ3n) is 3.10. The van der Waals surface area contributed by atoms with Crippen molar-refractivity contribution < 1.29 is 5.11 Å². The molecule has 84 valence electrons. The SMILES string of the molecule is CCn1ccnc1CC(O)C1CCCN1. The van der Waals surface area contributed by atoms with Crippen molar-refractivity contribution in [3.8, 4) is 0 Å². The van der Waals surface area contributed by atoms with Gasteiger partial charge in [0.2, 0.25) is 0 Å². The van der Waals surface area contributed by atoms with E-state index in [9.17, 15) is 5.11 Å². The zero-order valence-corrected chi connectivity index (χ0v) is 9.19. The highest BCUT2D eigenvalue weighted by molar-refractivity contribution is 4.97. The smallest absolute Gasteiger partial charge is 0.111 e. The summed E-state index contributed by atoms with van der Waals surface area (Å²) in [6.07, 6.45) is 6.36. The topological polar surface area (TPSA) is 50.1 Å². The molecule has 2 N–H and O–H groups in total. The largest absolute Gasteiger partial charge is 0.391 e. The molecule has 0 saturated carbocycles. The van der Waals surface area contributed by atoms with E-state index >= 15 is 0 Å². The van der Waals surface area contributed by atoms with Crippen LogP contribution in [0.1, 0.15) is 25.6 Å². The minimum Gasteiger partial charge on any atom is -0.391 e. The van der Waals surface area contributed by atoms with Crippen molar-refractivity contribution in [2.45, 2.75) is 44.9 Å². The Hall–Kier alpha value is -0.870. The Morgan fingerprint density at radius 3 is 3.27 bits per heavy atom. The maximum Gasteiger partial charge on any atom is 0.111 e. The molecule has 0 radical (unpaired) electrons. The molecule has 0 bridgehead atoms. The first-order chi connectivity index (χ1) is 7.31. The van der Waals surface area contributed by atoms with Gasteiger partial charge in [0.25, 0.3) is 0 Å². The van der Waals surface area contributed by atoms with E-state index in [4.69, 9.17) is 0 Å². The quantitative estimate of drug-likeness (QED) is 0.761. The van der Waals surface area contributed by atoms with Gasteiger partial charge in [0.15, 0.2) is 0 Å². The van der Waals surface area contributed by atoms with Crippen molar-refractivity contribution in [1.29, 1.82) is 0 Å². The summed E-state index contributed by atoms with van der Waals surface area (Å²) in [6, 6.07) is 0.256. The van der Waals surface area contributed by atoms with Gasteiger partial charge in [-0.3, -0.25) is 0 Å². The average Bonchev–Trinajstić information content (AvgIpc) is 2.87. The number of aliphatic hydroxyl groups excluding tert-OH is 1. The fourth-order valence-electron chi connectivity index (χ4n) is 2.19. The molecule has 2 heterocycles. The van der Waals surface area contributed by atoms with Gasteiger partial charge in [0, 0.05) is 31.4 Å². The molecular formula is C11H19N3O. The van der Waals surface area contributed by atoms with Crippen LogP contribution >= 0.6 is 0 Å². The highest BCUT2D eigenvalue weighted by Crippen LogP contribution is 2.12. The Morgan fingerprint density at radius 1 is 1.73 bits per heavy atom. The minimum atomic E-state index is -0.305. The Bertz CT molecular complexity index is 305. The van der Waals surface area contributed by atoms with Gasteiger partial charge in [-0.05, 0) is 26.3 Å². The highest BCUT2D eigenvalue weighted by atomic mass is 16.3. The number of nitrogens with one attached hydrogen (secondary N) is 1. The van der Waals surface area contributed by atoms with E-state index in [2.05, 4.69) is 21.8 Å². The fourth-order valence-corrected chi connectivity index (χ4v) is 2.19. The Labute approximate surface area is 90.3 Å². The molecule has 1 aliphatic rings. The first-order valence-corrected chi connectivity index (χ1v) is 5.72. The lowest BCUT2D eigenvalue weighted by Gasteiger charge is -2.18. The predicted molar refractivity (Wildman–Crippen MR) is 58.6 cm³/mol. The van der Waals surface area contributed by atoms with E-state index in [1.54, 1.807) is 6.20 Å². The van der Waals surface area contributed by atoms with Crippen LogP contribution in [0.3, 0.4) is 0 Å². The van der Waals surface area contributed by atoms with Crippen LogP contribution < -0.4 is 5.32 Å². The summed E-state index contributed by atoms with van der Waals surface area (Å²) in [5, 5.41) is 13.3. The summed E-state index contributed by atoms with van der Waals surface area (Å²) in [7, 11) is 0. The van der Waals surface area contributed by atoms with Crippen molar-refractivity contribution in [1.82, 2.24) is 14.9 Å². The van der Waals surface area contributed by atoms with Crippen LogP contribution in [0.25, 0.3) is 0 Å². The molecule has 0 spiro atoms. The molecule has 0 aliphatic carbocycles. The first-order valence-electron chi connectivity index (χ1n) is 5.72. The summed E-state index contributed by atoms with van der Waals surface area (Å²) >= 11 is 0. The number of aryl methyl sites for hydroxylation is 1. The second-order valence-corrected chi connectivity index (χ2v) is 4.10. The molecule has 1 fully saturated rings. The molecule has 1 aromatic heterocycles. The average molecular weight is 209 g/mol. The molecule has 15 heavy (non-hydrogen) atoms. The van der Waals surface area contributed by atoms with Crippen molar-refractivity contribution in [3.63, 3.8) is 0 Å². The van der Waals surface area contributed by atoms with Gasteiger partial charge >= 0.3 is 0 Å². The minimum absolute atomic E-state index is 0.256. The van der Waals surface area contributed by atoms with Gasteiger partial charge in [-0.15, -0.1) is 0 Å². The lowest BCUT2D eigenvalue weighted by atomic mass is 10.1. The standard InChI is InChI=1S/C11H19N3O/c1-2-14-7-6-13-11(14)8-10(15)9-4-3-5-12-9/h6-7,9-10,12,15H,2-5,8H2,1H3. The number of hydrogen-bond donors (Lipinski definition) is 2. The molecule has 2 rings (SSSR count). The maximum absolute atomic E-state index is 10.0. The Balaban J connectivity index is 1.95. The van der Waals surface area contributed by atoms with Crippen LogP contribution in [0.2, 0.25) is 0 Å². The third-order valence-corrected chi connectivity index (χ3v) is 3.10. The van der Waals surface area contributed by atoms with Crippen molar-refractivity contribution in [3.05, 3.63) is 18.2 Å². The van der Waals surface area contributed by atoms with Gasteiger partial charge in [0.05, 0.1) is 6.10 Å². The molecule has 2 unspecified atom stereocenters. The van der Waals surface area contributed by atoms with Gasteiger partial charge in [-0.25, -0.2) is 4.98 Å². The molecule has 2 atom stereocenters. The molecular weight excluding hydrogens is 190 g/mol. The molecule has 0 aromatic carbocycles. The van der Waals surface area contributed by atoms with Crippen LogP contribution in [0.5, 0.6) is 0 Å². The van der Waals surface area contributed by atoms with Gasteiger partial charge in [0.1, 0.15) is 5.82 Å². The number of hydrogen-bond acceptors (Lipinski definition) is 3. The summed E-state index contributed by atoms with van der Waals surface area (Å²) in [6.45, 7) is 4.04. The predicted octanol–water partition coefficient (Wildman–Crippen LogP) is 0.558. The second kappa shape index (κ2) is 4.77. The zero-order valence-electron chi connectivity index (χ0n) is 9.19. The van der Waals surface area contributed by atoms with Gasteiger partial charge in [-0.1, -0.05) is 0 Å². The van der Waals surface area contributed by atoms with Crippen LogP contribution in [0.4, 0.5) is 0 Å². The second-order valence-electron chi connectivity index (χ2n) is 4.10. The van der Waals surface area contributed by atoms with E-state index in [0.717, 1.165) is 25.3 Å². The molecule has 4 nitrogen and oxygen atoms in total. The summed E-state index contributed by atoms with van der Waals surface area (Å²) in [5.41, 5.74) is 0. The van der Waals surface area contributed by atoms with Gasteiger partial charge in [-0.2, -0.15) is 0 Å². The normalized spacial score (nSPS) is 23.2. The maximum atomic E-state index is 10.0. The number of rotatable bonds is 4. The van der Waals surface area contributed by atoms with Crippen LogP contribution in [0, 0.1) is 0 Å². The molecule has 0 amide bonds. The molecule has 1 saturated heterocycles. The summed E-state index contributed by atoms with van der Waals surface area (Å²) in [4.78, 5) is 4.27. The van der Waals surface area contributed by atoms with E-state index in [-0.39, 0.29) is 12.1 Å². The summed E-state index contributed by atoms with van der Waals surface area (Å²) < 4.78 is 2.08. The Kier molecular flexibility index (Phi) is 3.38. The number of imidazole rings is 1. The van der Waals surface area contributed by atoms with Crippen LogP contribution in [-0.2, 0) is 13.0 Å². The zero-order chi connectivity index (χ0) is 10.7. The highest BCUT2D eigenvalue weighted by Gasteiger charge is 2.23. The molecule has 1 aromatic rings. The van der Waals surface area contributed by atoms with Crippen LogP contribution in [-0.4, -0.2) is 33.3 Å². The van der Waals surface area contributed by atoms with Crippen molar-refractivity contribution in [2.24, 2.45) is 0 Å². The van der Waals surface area contributed by atoms with E-state index in [0.29, 0.717) is 6.42 Å². The van der Waals surface area contributed by atoms with E-state index in [1.165, 1.54) is 6.42 Å². The number of nitrogens with zero attached hydrogens (tertiary/aromatic N) is 2. The summed E-state index contributed by atoms with van der Waals surface area (Å²) in [5.74, 6) is 0.985. The van der Waals surface area contributed by atoms with E-state index in [1.807, 2.05) is 6.20 Å². The Morgan fingerprint density at radius 2 is 2.60 bits per heavy atom. The van der Waals surface area contributed by atoms with Crippen molar-refractivity contribution >= 4 is 0 Å². The lowest BCUT2D eigenvalue weighted by molar-refractivity contribution is 0.133. The lowest BCUT2D eigenvalue weighted by Crippen LogP contribution is -2.36. The number of aromatic nitrogens is 2. The van der Waals surface area contributed by atoms with Crippen LogP contribution in [0.15, 0.2) is 12.4 Å². The molecule has 1 aliphatic heterocycles. The van der Waals surface area contributed by atoms with Gasteiger partial charge < -0.3 is 15.0 Å².